The third-order valence-corrected chi connectivity index (χ3v) is 4.99. The second kappa shape index (κ2) is 7.84. The summed E-state index contributed by atoms with van der Waals surface area (Å²) < 4.78 is 2.15. The molecule has 0 bridgehead atoms. The topological polar surface area (TPSA) is 59.8 Å². The van der Waals surface area contributed by atoms with Crippen molar-refractivity contribution in [3.63, 3.8) is 0 Å². The fourth-order valence-corrected chi connectivity index (χ4v) is 3.62. The molecular formula is C16H19ClN4OS. The maximum atomic E-state index is 12.0. The molecule has 2 aromatic rings. The van der Waals surface area contributed by atoms with Crippen LogP contribution in [0.5, 0.6) is 0 Å². The highest BCUT2D eigenvalue weighted by molar-refractivity contribution is 7.99. The molecule has 1 aliphatic rings. The zero-order valence-corrected chi connectivity index (χ0v) is 14.4. The summed E-state index contributed by atoms with van der Waals surface area (Å²) >= 11 is 7.38. The minimum absolute atomic E-state index is 0.0130. The van der Waals surface area contributed by atoms with Crippen molar-refractivity contribution in [3.05, 3.63) is 40.7 Å². The first kappa shape index (κ1) is 16.3. The van der Waals surface area contributed by atoms with E-state index in [1.54, 1.807) is 0 Å². The number of fused-ring (bicyclic) bond motifs is 1. The molecule has 0 atom stereocenters. The highest BCUT2D eigenvalue weighted by atomic mass is 35.5. The van der Waals surface area contributed by atoms with Gasteiger partial charge in [0, 0.05) is 24.5 Å². The Kier molecular flexibility index (Phi) is 5.56. The molecule has 0 unspecified atom stereocenters. The molecular weight excluding hydrogens is 332 g/mol. The van der Waals surface area contributed by atoms with Crippen molar-refractivity contribution < 1.29 is 4.79 Å². The van der Waals surface area contributed by atoms with Crippen LogP contribution in [0.2, 0.25) is 5.02 Å². The van der Waals surface area contributed by atoms with Gasteiger partial charge in [-0.2, -0.15) is 0 Å². The van der Waals surface area contributed by atoms with E-state index in [-0.39, 0.29) is 5.91 Å². The van der Waals surface area contributed by atoms with Gasteiger partial charge in [0.05, 0.1) is 5.75 Å². The number of halogens is 1. The molecule has 2 heterocycles. The summed E-state index contributed by atoms with van der Waals surface area (Å²) in [5, 5.41) is 12.9. The van der Waals surface area contributed by atoms with E-state index in [0.717, 1.165) is 35.9 Å². The number of thioether (sulfide) groups is 1. The number of aryl methyl sites for hydroxylation is 1. The lowest BCUT2D eigenvalue weighted by molar-refractivity contribution is -0.118. The van der Waals surface area contributed by atoms with Crippen LogP contribution < -0.4 is 5.32 Å². The first-order valence-electron chi connectivity index (χ1n) is 7.78. The number of nitrogens with one attached hydrogen (secondary N) is 1. The molecule has 1 aliphatic heterocycles. The quantitative estimate of drug-likeness (QED) is 0.842. The molecule has 1 amide bonds. The lowest BCUT2D eigenvalue weighted by Gasteiger charge is -2.07. The number of carbonyl (C=O) groups excluding carboxylic acids is 1. The number of hydrogen-bond donors (Lipinski definition) is 1. The van der Waals surface area contributed by atoms with Crippen molar-refractivity contribution in [2.75, 3.05) is 5.75 Å². The van der Waals surface area contributed by atoms with Gasteiger partial charge < -0.3 is 9.88 Å². The van der Waals surface area contributed by atoms with E-state index in [9.17, 15) is 4.79 Å². The molecule has 0 radical (unpaired) electrons. The van der Waals surface area contributed by atoms with Crippen LogP contribution in [0.15, 0.2) is 29.4 Å². The van der Waals surface area contributed by atoms with E-state index in [4.69, 9.17) is 11.6 Å². The van der Waals surface area contributed by atoms with Gasteiger partial charge >= 0.3 is 0 Å². The summed E-state index contributed by atoms with van der Waals surface area (Å²) in [6, 6.07) is 7.49. The summed E-state index contributed by atoms with van der Waals surface area (Å²) in [7, 11) is 0. The third kappa shape index (κ3) is 4.48. The van der Waals surface area contributed by atoms with E-state index in [1.165, 1.54) is 24.6 Å². The Bertz CT molecular complexity index is 688. The van der Waals surface area contributed by atoms with Crippen molar-refractivity contribution in [2.24, 2.45) is 0 Å². The fraction of sp³-hybridized carbons (Fsp3) is 0.438. The number of benzene rings is 1. The lowest BCUT2D eigenvalue weighted by atomic mass is 10.2. The molecule has 7 heteroatoms. The van der Waals surface area contributed by atoms with E-state index in [0.29, 0.717) is 17.3 Å². The normalized spacial score (nSPS) is 14.1. The van der Waals surface area contributed by atoms with Crippen molar-refractivity contribution in [1.29, 1.82) is 0 Å². The van der Waals surface area contributed by atoms with E-state index >= 15 is 0 Å². The van der Waals surface area contributed by atoms with Crippen LogP contribution in [0.25, 0.3) is 0 Å². The van der Waals surface area contributed by atoms with Gasteiger partial charge in [-0.1, -0.05) is 41.9 Å². The fourth-order valence-electron chi connectivity index (χ4n) is 2.59. The van der Waals surface area contributed by atoms with Gasteiger partial charge in [-0.15, -0.1) is 10.2 Å². The molecule has 1 aromatic heterocycles. The Hall–Kier alpha value is -1.53. The van der Waals surface area contributed by atoms with Crippen LogP contribution in [0, 0.1) is 0 Å². The smallest absolute Gasteiger partial charge is 0.230 e. The first-order valence-corrected chi connectivity index (χ1v) is 9.15. The molecule has 5 nitrogen and oxygen atoms in total. The van der Waals surface area contributed by atoms with Gasteiger partial charge in [0.15, 0.2) is 5.16 Å². The summed E-state index contributed by atoms with van der Waals surface area (Å²) in [5.41, 5.74) is 0.993. The van der Waals surface area contributed by atoms with Crippen LogP contribution >= 0.6 is 23.4 Å². The number of nitrogens with zero attached hydrogens (tertiary/aromatic N) is 3. The molecule has 0 fully saturated rings. The van der Waals surface area contributed by atoms with Crippen molar-refractivity contribution in [2.45, 2.75) is 43.9 Å². The van der Waals surface area contributed by atoms with E-state index in [1.807, 2.05) is 24.3 Å². The van der Waals surface area contributed by atoms with Gasteiger partial charge in [-0.05, 0) is 30.5 Å². The number of amides is 1. The summed E-state index contributed by atoms with van der Waals surface area (Å²) in [6.45, 7) is 1.44. The molecule has 3 rings (SSSR count). The highest BCUT2D eigenvalue weighted by Crippen LogP contribution is 2.21. The average Bonchev–Trinajstić information content (AvgIpc) is 2.77. The molecule has 1 N–H and O–H groups in total. The highest BCUT2D eigenvalue weighted by Gasteiger charge is 2.15. The van der Waals surface area contributed by atoms with Crippen LogP contribution in [-0.2, 0) is 24.3 Å². The van der Waals surface area contributed by atoms with Crippen LogP contribution in [0.3, 0.4) is 0 Å². The minimum atomic E-state index is -0.0130. The molecule has 23 heavy (non-hydrogen) atoms. The number of carbonyl (C=O) groups is 1. The number of rotatable bonds is 5. The first-order chi connectivity index (χ1) is 11.2. The number of aromatic nitrogens is 3. The Morgan fingerprint density at radius 2 is 2.22 bits per heavy atom. The largest absolute Gasteiger partial charge is 0.351 e. The van der Waals surface area contributed by atoms with Crippen LogP contribution in [0.4, 0.5) is 0 Å². The standard InChI is InChI=1S/C16H19ClN4OS/c17-13-6-4-5-12(9-13)10-18-15(22)11-23-16-20-19-14-7-2-1-3-8-21(14)16/h4-6,9H,1-3,7-8,10-11H2,(H,18,22). The second-order valence-electron chi connectivity index (χ2n) is 5.56. The monoisotopic (exact) mass is 350 g/mol. The minimum Gasteiger partial charge on any atom is -0.351 e. The van der Waals surface area contributed by atoms with Gasteiger partial charge in [-0.3, -0.25) is 4.79 Å². The SMILES string of the molecule is O=C(CSc1nnc2n1CCCCC2)NCc1cccc(Cl)c1. The average molecular weight is 351 g/mol. The summed E-state index contributed by atoms with van der Waals surface area (Å²) in [5.74, 6) is 1.38. The van der Waals surface area contributed by atoms with Gasteiger partial charge in [0.25, 0.3) is 0 Å². The van der Waals surface area contributed by atoms with E-state index in [2.05, 4.69) is 20.1 Å². The summed E-state index contributed by atoms with van der Waals surface area (Å²) in [4.78, 5) is 12.0. The number of hydrogen-bond acceptors (Lipinski definition) is 4. The molecule has 122 valence electrons. The van der Waals surface area contributed by atoms with E-state index < -0.39 is 0 Å². The second-order valence-corrected chi connectivity index (χ2v) is 6.94. The maximum absolute atomic E-state index is 12.0. The lowest BCUT2D eigenvalue weighted by Crippen LogP contribution is -2.24. The van der Waals surface area contributed by atoms with Crippen LogP contribution in [0.1, 0.15) is 30.7 Å². The van der Waals surface area contributed by atoms with Gasteiger partial charge in [0.2, 0.25) is 5.91 Å². The molecule has 1 aromatic carbocycles. The Morgan fingerprint density at radius 1 is 1.30 bits per heavy atom. The predicted molar refractivity (Wildman–Crippen MR) is 91.6 cm³/mol. The molecule has 0 aliphatic carbocycles. The Morgan fingerprint density at radius 3 is 3.09 bits per heavy atom. The maximum Gasteiger partial charge on any atom is 0.230 e. The van der Waals surface area contributed by atoms with Crippen molar-refractivity contribution in [1.82, 2.24) is 20.1 Å². The zero-order valence-electron chi connectivity index (χ0n) is 12.8. The Balaban J connectivity index is 1.50. The molecule has 0 spiro atoms. The molecule has 0 saturated heterocycles. The molecule has 0 saturated carbocycles. The third-order valence-electron chi connectivity index (χ3n) is 3.79. The Labute approximate surface area is 144 Å². The van der Waals surface area contributed by atoms with Gasteiger partial charge in [-0.25, -0.2) is 0 Å². The van der Waals surface area contributed by atoms with Crippen molar-refractivity contribution in [3.8, 4) is 0 Å². The predicted octanol–water partition coefficient (Wildman–Crippen LogP) is 3.07. The van der Waals surface area contributed by atoms with Crippen molar-refractivity contribution >= 4 is 29.3 Å². The summed E-state index contributed by atoms with van der Waals surface area (Å²) in [6.07, 6.45) is 4.53. The zero-order chi connectivity index (χ0) is 16.1. The van der Waals surface area contributed by atoms with Gasteiger partial charge in [0.1, 0.15) is 5.82 Å². The van der Waals surface area contributed by atoms with Crippen LogP contribution in [-0.4, -0.2) is 26.4 Å².